The van der Waals surface area contributed by atoms with Gasteiger partial charge in [-0.1, -0.05) is 71.6 Å². The number of aliphatic imine (C=N–C) groups is 1. The zero-order valence-electron chi connectivity index (χ0n) is 22.8. The van der Waals surface area contributed by atoms with E-state index in [1.165, 1.54) is 53.7 Å². The maximum atomic E-state index is 13.1. The Morgan fingerprint density at radius 1 is 1.19 bits per heavy atom. The van der Waals surface area contributed by atoms with Crippen LogP contribution in [0.5, 0.6) is 0 Å². The number of hydrogen-bond donors (Lipinski definition) is 0. The van der Waals surface area contributed by atoms with Gasteiger partial charge in [0, 0.05) is 22.9 Å². The van der Waals surface area contributed by atoms with Crippen LogP contribution in [0.1, 0.15) is 82.2 Å². The predicted octanol–water partition coefficient (Wildman–Crippen LogP) is 10.0. The second-order valence-corrected chi connectivity index (χ2v) is 11.7. The highest BCUT2D eigenvalue weighted by Gasteiger charge is 2.31. The summed E-state index contributed by atoms with van der Waals surface area (Å²) in [5.41, 5.74) is 5.84. The molecule has 3 rings (SSSR count). The monoisotopic (exact) mass is 506 g/mol. The summed E-state index contributed by atoms with van der Waals surface area (Å²) >= 11 is 1.75. The van der Waals surface area contributed by atoms with Crippen LogP contribution < -0.4 is 0 Å². The molecular formula is C32H43FN2S. The first kappa shape index (κ1) is 28.2. The fraction of sp³-hybridized carbons (Fsp3) is 0.500. The molecule has 36 heavy (non-hydrogen) atoms. The second kappa shape index (κ2) is 13.3. The van der Waals surface area contributed by atoms with Crippen LogP contribution in [-0.4, -0.2) is 11.2 Å². The Kier molecular flexibility index (Phi) is 10.4. The van der Waals surface area contributed by atoms with Crippen LogP contribution in [0.4, 0.5) is 4.39 Å². The molecule has 194 valence electrons. The molecule has 3 unspecified atom stereocenters. The lowest BCUT2D eigenvalue weighted by Gasteiger charge is -2.38. The highest BCUT2D eigenvalue weighted by molar-refractivity contribution is 7.14. The predicted molar refractivity (Wildman–Crippen MR) is 156 cm³/mol. The number of halogens is 1. The SMILES string of the molecule is C=C(F)N=C/C(=C\C)CC(C)C(=C)c1cc(CC2C(CC)CCCC2CC)cc(-c2ncc(C)s2)c1. The molecule has 0 bridgehead atoms. The molecule has 0 saturated heterocycles. The number of thiazole rings is 1. The lowest BCUT2D eigenvalue weighted by atomic mass is 9.67. The summed E-state index contributed by atoms with van der Waals surface area (Å²) in [6.45, 7) is 18.7. The van der Waals surface area contributed by atoms with Gasteiger partial charge in [-0.15, -0.1) is 11.3 Å². The Bertz CT molecular complexity index is 1100. The summed E-state index contributed by atoms with van der Waals surface area (Å²) in [6.07, 6.45) is 14.0. The molecule has 0 amide bonds. The first-order valence-corrected chi connectivity index (χ1v) is 14.4. The van der Waals surface area contributed by atoms with Gasteiger partial charge in [0.15, 0.2) is 0 Å². The third kappa shape index (κ3) is 7.35. The first-order chi connectivity index (χ1) is 17.2. The van der Waals surface area contributed by atoms with Crippen LogP contribution in [0.3, 0.4) is 0 Å². The highest BCUT2D eigenvalue weighted by Crippen LogP contribution is 2.41. The second-order valence-electron chi connectivity index (χ2n) is 10.5. The number of rotatable bonds is 11. The maximum absolute atomic E-state index is 13.1. The van der Waals surface area contributed by atoms with Gasteiger partial charge in [0.05, 0.1) is 0 Å². The van der Waals surface area contributed by atoms with Gasteiger partial charge in [0.2, 0.25) is 5.95 Å². The zero-order chi connectivity index (χ0) is 26.2. The van der Waals surface area contributed by atoms with Crippen molar-refractivity contribution >= 4 is 23.1 Å². The summed E-state index contributed by atoms with van der Waals surface area (Å²) in [5.74, 6) is 1.87. The lowest BCUT2D eigenvalue weighted by molar-refractivity contribution is 0.143. The quantitative estimate of drug-likeness (QED) is 0.220. The van der Waals surface area contributed by atoms with E-state index in [2.05, 4.69) is 64.0 Å². The van der Waals surface area contributed by atoms with Gasteiger partial charge in [-0.2, -0.15) is 4.39 Å². The maximum Gasteiger partial charge on any atom is 0.205 e. The Labute approximate surface area is 222 Å². The van der Waals surface area contributed by atoms with Gasteiger partial charge >= 0.3 is 0 Å². The van der Waals surface area contributed by atoms with Crippen molar-refractivity contribution in [3.05, 3.63) is 71.2 Å². The Morgan fingerprint density at radius 3 is 2.44 bits per heavy atom. The molecule has 0 N–H and O–H groups in total. The standard InChI is InChI=1S/C32H43FN2S/c1-8-25(20-34-24(7)33)14-21(4)23(6)29-15-26(16-30(18-29)32-35-19-22(5)36-32)17-31-27(9-2)12-11-13-28(31)10-3/h8,15-16,18-21,27-28,31H,6-7,9-14,17H2,1-5H3/b25-8-,34-20?. The molecule has 0 radical (unpaired) electrons. The van der Waals surface area contributed by atoms with Gasteiger partial charge in [0.1, 0.15) is 5.01 Å². The molecule has 0 spiro atoms. The van der Waals surface area contributed by atoms with Crippen molar-refractivity contribution in [2.75, 3.05) is 0 Å². The Hall–Kier alpha value is -2.33. The Morgan fingerprint density at radius 2 is 1.89 bits per heavy atom. The van der Waals surface area contributed by atoms with Crippen LogP contribution in [0.2, 0.25) is 0 Å². The molecular weight excluding hydrogens is 463 g/mol. The minimum atomic E-state index is -0.671. The average molecular weight is 507 g/mol. The number of benzene rings is 1. The number of aromatic nitrogens is 1. The van der Waals surface area contributed by atoms with Crippen molar-refractivity contribution in [3.8, 4) is 10.6 Å². The van der Waals surface area contributed by atoms with Gasteiger partial charge in [0.25, 0.3) is 0 Å². The van der Waals surface area contributed by atoms with Gasteiger partial charge in [-0.05, 0) is 91.3 Å². The molecule has 1 aromatic heterocycles. The van der Waals surface area contributed by atoms with Gasteiger partial charge in [-0.25, -0.2) is 9.98 Å². The number of nitrogens with zero attached hydrogens (tertiary/aromatic N) is 2. The van der Waals surface area contributed by atoms with Crippen LogP contribution >= 0.6 is 11.3 Å². The molecule has 2 aromatic rings. The third-order valence-corrected chi connectivity index (χ3v) is 8.95. The first-order valence-electron chi connectivity index (χ1n) is 13.5. The highest BCUT2D eigenvalue weighted by atomic mass is 32.1. The molecule has 3 atom stereocenters. The smallest absolute Gasteiger partial charge is 0.205 e. The largest absolute Gasteiger partial charge is 0.244 e. The Balaban J connectivity index is 1.94. The fourth-order valence-corrected chi connectivity index (χ4v) is 6.59. The normalized spacial score (nSPS) is 21.6. The van der Waals surface area contributed by atoms with Crippen molar-refractivity contribution in [2.24, 2.45) is 28.7 Å². The van der Waals surface area contributed by atoms with E-state index in [1.54, 1.807) is 17.6 Å². The van der Waals surface area contributed by atoms with E-state index in [-0.39, 0.29) is 5.92 Å². The van der Waals surface area contributed by atoms with Crippen molar-refractivity contribution in [1.82, 2.24) is 4.98 Å². The van der Waals surface area contributed by atoms with E-state index in [1.807, 2.05) is 19.2 Å². The van der Waals surface area contributed by atoms with Crippen LogP contribution in [0.25, 0.3) is 16.1 Å². The van der Waals surface area contributed by atoms with Crippen LogP contribution in [0.15, 0.2) is 60.1 Å². The summed E-state index contributed by atoms with van der Waals surface area (Å²) in [7, 11) is 0. The van der Waals surface area contributed by atoms with E-state index in [4.69, 9.17) is 4.98 Å². The molecule has 4 heteroatoms. The minimum absolute atomic E-state index is 0.193. The van der Waals surface area contributed by atoms with Gasteiger partial charge in [-0.3, -0.25) is 0 Å². The third-order valence-electron chi connectivity index (χ3n) is 7.99. The van der Waals surface area contributed by atoms with E-state index >= 15 is 0 Å². The van der Waals surface area contributed by atoms with Crippen molar-refractivity contribution in [3.63, 3.8) is 0 Å². The van der Waals surface area contributed by atoms with Crippen molar-refractivity contribution in [2.45, 2.75) is 79.6 Å². The molecule has 1 saturated carbocycles. The molecule has 1 aliphatic rings. The number of hydrogen-bond acceptors (Lipinski definition) is 3. The molecule has 1 heterocycles. The topological polar surface area (TPSA) is 25.2 Å². The minimum Gasteiger partial charge on any atom is -0.244 e. The lowest BCUT2D eigenvalue weighted by Crippen LogP contribution is -2.29. The van der Waals surface area contributed by atoms with E-state index in [0.717, 1.165) is 46.7 Å². The van der Waals surface area contributed by atoms with E-state index in [0.29, 0.717) is 0 Å². The molecule has 1 aromatic carbocycles. The van der Waals surface area contributed by atoms with E-state index in [9.17, 15) is 4.39 Å². The summed E-state index contributed by atoms with van der Waals surface area (Å²) < 4.78 is 13.1. The van der Waals surface area contributed by atoms with Gasteiger partial charge < -0.3 is 0 Å². The average Bonchev–Trinajstić information content (AvgIpc) is 3.32. The van der Waals surface area contributed by atoms with Crippen molar-refractivity contribution < 1.29 is 4.39 Å². The molecule has 0 aliphatic heterocycles. The van der Waals surface area contributed by atoms with E-state index < -0.39 is 5.95 Å². The fourth-order valence-electron chi connectivity index (χ4n) is 5.84. The van der Waals surface area contributed by atoms with Crippen molar-refractivity contribution in [1.29, 1.82) is 0 Å². The molecule has 2 nitrogen and oxygen atoms in total. The zero-order valence-corrected chi connectivity index (χ0v) is 23.6. The summed E-state index contributed by atoms with van der Waals surface area (Å²) in [5, 5.41) is 1.07. The summed E-state index contributed by atoms with van der Waals surface area (Å²) in [6, 6.07) is 6.98. The summed E-state index contributed by atoms with van der Waals surface area (Å²) in [4.78, 5) is 9.68. The van der Waals surface area contributed by atoms with Crippen LogP contribution in [-0.2, 0) is 6.42 Å². The number of allylic oxidation sites excluding steroid dienone is 3. The molecule has 1 fully saturated rings. The van der Waals surface area contributed by atoms with Crippen LogP contribution in [0, 0.1) is 30.6 Å². The number of aryl methyl sites for hydroxylation is 1. The molecule has 1 aliphatic carbocycles.